The molecule has 88 valence electrons. The lowest BCUT2D eigenvalue weighted by Crippen LogP contribution is -2.33. The minimum Gasteiger partial charge on any atom is -0.481 e. The Balaban J connectivity index is 2.05. The molecule has 1 aromatic rings. The quantitative estimate of drug-likeness (QED) is 0.749. The van der Waals surface area contributed by atoms with Crippen molar-refractivity contribution in [2.75, 3.05) is 18.5 Å². The zero-order valence-corrected chi connectivity index (χ0v) is 8.83. The summed E-state index contributed by atoms with van der Waals surface area (Å²) in [5.41, 5.74) is 0.216. The number of hydrogen-bond acceptors (Lipinski definition) is 6. The normalized spacial score (nSPS) is 23.0. The fourth-order valence-electron chi connectivity index (χ4n) is 1.59. The van der Waals surface area contributed by atoms with Crippen molar-refractivity contribution in [1.82, 2.24) is 9.97 Å². The number of nitrogens with zero attached hydrogens (tertiary/aromatic N) is 3. The zero-order chi connectivity index (χ0) is 12.3. The van der Waals surface area contributed by atoms with Gasteiger partial charge in [-0.2, -0.15) is 5.26 Å². The number of aliphatic carboxylic acids is 1. The van der Waals surface area contributed by atoms with Crippen LogP contribution < -0.4 is 5.32 Å². The first-order chi connectivity index (χ1) is 8.20. The van der Waals surface area contributed by atoms with Crippen LogP contribution in [0.1, 0.15) is 5.69 Å². The van der Waals surface area contributed by atoms with Crippen LogP contribution in [0.15, 0.2) is 12.4 Å². The van der Waals surface area contributed by atoms with E-state index in [4.69, 9.17) is 15.1 Å². The summed E-state index contributed by atoms with van der Waals surface area (Å²) < 4.78 is 5.10. The third-order valence-electron chi connectivity index (χ3n) is 2.50. The maximum atomic E-state index is 10.9. The molecule has 1 aliphatic rings. The molecule has 7 nitrogen and oxygen atoms in total. The molecule has 17 heavy (non-hydrogen) atoms. The van der Waals surface area contributed by atoms with Gasteiger partial charge in [0, 0.05) is 0 Å². The van der Waals surface area contributed by atoms with Crippen LogP contribution in [0.25, 0.3) is 0 Å². The van der Waals surface area contributed by atoms with E-state index in [9.17, 15) is 4.79 Å². The number of aromatic nitrogens is 2. The maximum absolute atomic E-state index is 10.9. The first-order valence-electron chi connectivity index (χ1n) is 5.00. The van der Waals surface area contributed by atoms with Gasteiger partial charge >= 0.3 is 5.97 Å². The highest BCUT2D eigenvalue weighted by molar-refractivity contribution is 5.72. The molecule has 0 aliphatic carbocycles. The number of hydrogen-bond donors (Lipinski definition) is 2. The number of anilines is 1. The van der Waals surface area contributed by atoms with Crippen molar-refractivity contribution in [3.05, 3.63) is 18.1 Å². The van der Waals surface area contributed by atoms with E-state index in [1.54, 1.807) is 0 Å². The van der Waals surface area contributed by atoms with Gasteiger partial charge in [-0.15, -0.1) is 0 Å². The smallest absolute Gasteiger partial charge is 0.311 e. The second-order valence-corrected chi connectivity index (χ2v) is 3.63. The van der Waals surface area contributed by atoms with Gasteiger partial charge in [0.25, 0.3) is 0 Å². The van der Waals surface area contributed by atoms with Crippen LogP contribution in [0.5, 0.6) is 0 Å². The van der Waals surface area contributed by atoms with Gasteiger partial charge in [0.15, 0.2) is 5.69 Å². The van der Waals surface area contributed by atoms with Crippen molar-refractivity contribution in [3.8, 4) is 6.07 Å². The SMILES string of the molecule is N#Cc1cnc(NC2COCC2C(=O)O)cn1. The number of carbonyl (C=O) groups is 1. The van der Waals surface area contributed by atoms with Crippen LogP contribution >= 0.6 is 0 Å². The topological polar surface area (TPSA) is 108 Å². The summed E-state index contributed by atoms with van der Waals surface area (Å²) in [5.74, 6) is -1.06. The van der Waals surface area contributed by atoms with Crippen LogP contribution in [0, 0.1) is 17.2 Å². The molecule has 1 aromatic heterocycles. The molecule has 0 bridgehead atoms. The van der Waals surface area contributed by atoms with Gasteiger partial charge in [-0.1, -0.05) is 0 Å². The Hall–Kier alpha value is -2.20. The summed E-state index contributed by atoms with van der Waals surface area (Å²) >= 11 is 0. The Labute approximate surface area is 97.1 Å². The Bertz CT molecular complexity index is 454. The fourth-order valence-corrected chi connectivity index (χ4v) is 1.59. The predicted octanol–water partition coefficient (Wildman–Crippen LogP) is -0.140. The lowest BCUT2D eigenvalue weighted by atomic mass is 10.0. The van der Waals surface area contributed by atoms with E-state index < -0.39 is 11.9 Å². The Morgan fingerprint density at radius 2 is 2.35 bits per heavy atom. The predicted molar refractivity (Wildman–Crippen MR) is 56.1 cm³/mol. The van der Waals surface area contributed by atoms with Crippen molar-refractivity contribution in [2.24, 2.45) is 5.92 Å². The third kappa shape index (κ3) is 2.49. The number of carboxylic acids is 1. The van der Waals surface area contributed by atoms with Gasteiger partial charge < -0.3 is 15.2 Å². The summed E-state index contributed by atoms with van der Waals surface area (Å²) in [5, 5.41) is 20.4. The van der Waals surface area contributed by atoms with E-state index in [0.717, 1.165) is 0 Å². The minimum absolute atomic E-state index is 0.191. The average molecular weight is 234 g/mol. The molecule has 2 rings (SSSR count). The molecule has 1 saturated heterocycles. The molecule has 0 spiro atoms. The average Bonchev–Trinajstić information content (AvgIpc) is 2.78. The second kappa shape index (κ2) is 4.76. The van der Waals surface area contributed by atoms with Gasteiger partial charge in [0.05, 0.1) is 31.6 Å². The number of nitrogens with one attached hydrogen (secondary N) is 1. The Morgan fingerprint density at radius 3 is 2.94 bits per heavy atom. The molecule has 7 heteroatoms. The highest BCUT2D eigenvalue weighted by atomic mass is 16.5. The number of nitriles is 1. The summed E-state index contributed by atoms with van der Waals surface area (Å²) in [6.45, 7) is 0.509. The number of rotatable bonds is 3. The molecular weight excluding hydrogens is 224 g/mol. The molecule has 0 saturated carbocycles. The first kappa shape index (κ1) is 11.3. The molecule has 2 atom stereocenters. The van der Waals surface area contributed by atoms with E-state index in [1.807, 2.05) is 6.07 Å². The molecule has 0 radical (unpaired) electrons. The molecule has 1 aliphatic heterocycles. The second-order valence-electron chi connectivity index (χ2n) is 3.63. The largest absolute Gasteiger partial charge is 0.481 e. The summed E-state index contributed by atoms with van der Waals surface area (Å²) in [4.78, 5) is 18.7. The highest BCUT2D eigenvalue weighted by Crippen LogP contribution is 2.17. The lowest BCUT2D eigenvalue weighted by molar-refractivity contribution is -0.141. The van der Waals surface area contributed by atoms with Crippen molar-refractivity contribution in [3.63, 3.8) is 0 Å². The summed E-state index contributed by atoms with van der Waals surface area (Å²) in [6, 6.07) is 1.53. The molecule has 1 fully saturated rings. The molecular formula is C10H10N4O3. The zero-order valence-electron chi connectivity index (χ0n) is 8.83. The minimum atomic E-state index is -0.901. The standard InChI is InChI=1S/C10H10N4O3/c11-1-6-2-13-9(3-12-6)14-8-5-17-4-7(8)10(15)16/h2-3,7-8H,4-5H2,(H,13,14)(H,15,16). The number of carboxylic acid groups (broad SMARTS) is 1. The van der Waals surface area contributed by atoms with E-state index in [0.29, 0.717) is 12.4 Å². The molecule has 2 unspecified atom stereocenters. The molecule has 2 heterocycles. The van der Waals surface area contributed by atoms with Crippen molar-refractivity contribution in [2.45, 2.75) is 6.04 Å². The van der Waals surface area contributed by atoms with Crippen LogP contribution in [-0.4, -0.2) is 40.3 Å². The van der Waals surface area contributed by atoms with Crippen molar-refractivity contribution < 1.29 is 14.6 Å². The fraction of sp³-hybridized carbons (Fsp3) is 0.400. The van der Waals surface area contributed by atoms with Gasteiger partial charge in [0.1, 0.15) is 17.8 Å². The third-order valence-corrected chi connectivity index (χ3v) is 2.50. The molecule has 0 aromatic carbocycles. The highest BCUT2D eigenvalue weighted by Gasteiger charge is 2.34. The molecule has 0 amide bonds. The molecule has 2 N–H and O–H groups in total. The summed E-state index contributed by atoms with van der Waals surface area (Å²) in [6.07, 6.45) is 2.73. The van der Waals surface area contributed by atoms with Crippen molar-refractivity contribution >= 4 is 11.8 Å². The monoisotopic (exact) mass is 234 g/mol. The Kier molecular flexibility index (Phi) is 3.16. The number of ether oxygens (including phenoxy) is 1. The van der Waals surface area contributed by atoms with Crippen LogP contribution in [-0.2, 0) is 9.53 Å². The van der Waals surface area contributed by atoms with Gasteiger partial charge in [0.2, 0.25) is 0 Å². The lowest BCUT2D eigenvalue weighted by Gasteiger charge is -2.15. The van der Waals surface area contributed by atoms with Gasteiger partial charge in [-0.05, 0) is 0 Å². The van der Waals surface area contributed by atoms with Crippen LogP contribution in [0.2, 0.25) is 0 Å². The Morgan fingerprint density at radius 1 is 1.53 bits per heavy atom. The van der Waals surface area contributed by atoms with Crippen LogP contribution in [0.4, 0.5) is 5.82 Å². The van der Waals surface area contributed by atoms with Crippen molar-refractivity contribution in [1.29, 1.82) is 5.26 Å². The van der Waals surface area contributed by atoms with Gasteiger partial charge in [-0.3, -0.25) is 4.79 Å². The maximum Gasteiger partial charge on any atom is 0.311 e. The van der Waals surface area contributed by atoms with E-state index in [-0.39, 0.29) is 18.3 Å². The first-order valence-corrected chi connectivity index (χ1v) is 5.00. The summed E-state index contributed by atoms with van der Waals surface area (Å²) in [7, 11) is 0. The van der Waals surface area contributed by atoms with Gasteiger partial charge in [-0.25, -0.2) is 9.97 Å². The van der Waals surface area contributed by atoms with E-state index in [1.165, 1.54) is 12.4 Å². The van der Waals surface area contributed by atoms with E-state index >= 15 is 0 Å². The van der Waals surface area contributed by atoms with E-state index in [2.05, 4.69) is 15.3 Å². The van der Waals surface area contributed by atoms with Crippen LogP contribution in [0.3, 0.4) is 0 Å².